The van der Waals surface area contributed by atoms with Crippen molar-refractivity contribution in [1.82, 2.24) is 24.4 Å². The lowest BCUT2D eigenvalue weighted by molar-refractivity contribution is -0.138. The van der Waals surface area contributed by atoms with Gasteiger partial charge in [-0.15, -0.1) is 0 Å². The van der Waals surface area contributed by atoms with Crippen LogP contribution in [0.1, 0.15) is 30.1 Å². The Morgan fingerprint density at radius 1 is 1.16 bits per heavy atom. The number of carbonyl (C=O) groups excluding carboxylic acids is 2. The smallest absolute Gasteiger partial charge is 0.336 e. The van der Waals surface area contributed by atoms with E-state index in [0.29, 0.717) is 38.8 Å². The van der Waals surface area contributed by atoms with Crippen LogP contribution in [0, 0.1) is 5.41 Å². The first-order valence-electron chi connectivity index (χ1n) is 11.7. The topological polar surface area (TPSA) is 156 Å². The minimum atomic E-state index is -1.12. The third kappa shape index (κ3) is 3.70. The van der Waals surface area contributed by atoms with Crippen LogP contribution in [0.4, 0.5) is 11.6 Å². The molecule has 11 nitrogen and oxygen atoms in total. The Kier molecular flexibility index (Phi) is 5.19. The van der Waals surface area contributed by atoms with E-state index in [1.807, 2.05) is 0 Å². The van der Waals surface area contributed by atoms with Gasteiger partial charge in [0.05, 0.1) is 16.5 Å². The summed E-state index contributed by atoms with van der Waals surface area (Å²) >= 11 is 3.30. The Balaban J connectivity index is 1.37. The molecule has 1 aliphatic heterocycles. The summed E-state index contributed by atoms with van der Waals surface area (Å²) in [6, 6.07) is 9.34. The number of likely N-dealkylation sites (tertiary alicyclic amines) is 1. The molecule has 12 heteroatoms. The third-order valence-electron chi connectivity index (χ3n) is 7.41. The summed E-state index contributed by atoms with van der Waals surface area (Å²) in [6.07, 6.45) is 2.66. The number of benzene rings is 1. The number of aromatic nitrogens is 4. The van der Waals surface area contributed by atoms with Crippen LogP contribution >= 0.6 is 15.9 Å². The molecular formula is C25H22BrN7O4. The molecule has 0 spiro atoms. The van der Waals surface area contributed by atoms with Crippen molar-refractivity contribution in [3.63, 3.8) is 0 Å². The molecule has 1 unspecified atom stereocenters. The van der Waals surface area contributed by atoms with Crippen molar-refractivity contribution in [2.24, 2.45) is 5.41 Å². The number of fused-ring (bicyclic) bond motifs is 4. The van der Waals surface area contributed by atoms with Crippen molar-refractivity contribution in [2.75, 3.05) is 11.1 Å². The fourth-order valence-corrected chi connectivity index (χ4v) is 5.92. The van der Waals surface area contributed by atoms with Gasteiger partial charge in [-0.2, -0.15) is 0 Å². The van der Waals surface area contributed by atoms with E-state index < -0.39 is 12.0 Å². The van der Waals surface area contributed by atoms with Crippen molar-refractivity contribution in [1.29, 1.82) is 0 Å². The van der Waals surface area contributed by atoms with E-state index in [9.17, 15) is 19.5 Å². The summed E-state index contributed by atoms with van der Waals surface area (Å²) in [5, 5.41) is 13.4. The number of hydrogen-bond donors (Lipinski definition) is 3. The molecule has 2 aliphatic rings. The fourth-order valence-electron chi connectivity index (χ4n) is 5.58. The molecule has 188 valence electrons. The van der Waals surface area contributed by atoms with Gasteiger partial charge >= 0.3 is 5.97 Å². The maximum atomic E-state index is 13.8. The Morgan fingerprint density at radius 2 is 1.95 bits per heavy atom. The SMILES string of the molecule is C[C@]12CC1N(C(=O)Cn1c3cccc(C(=O)O)c3c3c(N)ncnc31)[C@H](C(=O)Nc1cccc(Br)n1)C2. The van der Waals surface area contributed by atoms with E-state index in [1.165, 1.54) is 12.4 Å². The number of anilines is 2. The van der Waals surface area contributed by atoms with Gasteiger partial charge in [-0.3, -0.25) is 9.59 Å². The molecule has 3 aromatic heterocycles. The molecular weight excluding hydrogens is 542 g/mol. The summed E-state index contributed by atoms with van der Waals surface area (Å²) in [6.45, 7) is 1.95. The molecule has 1 saturated carbocycles. The molecule has 1 aliphatic carbocycles. The standard InChI is InChI=1S/C25H22BrN7O4/c1-25-8-14(23(35)31-17-7-3-6-16(26)30-17)33(15(25)9-25)18(34)10-32-13-5-2-4-12(24(36)37)19(13)20-21(27)28-11-29-22(20)32/h2-7,11,14-15H,8-10H2,1H3,(H,36,37)(H2,27,28,29)(H,30,31,35)/t14-,15?,25-/m0/s1. The maximum Gasteiger partial charge on any atom is 0.336 e. The number of nitrogens with zero attached hydrogens (tertiary/aromatic N) is 5. The number of nitrogen functional groups attached to an aromatic ring is 1. The van der Waals surface area contributed by atoms with Crippen LogP contribution < -0.4 is 11.1 Å². The van der Waals surface area contributed by atoms with Crippen molar-refractivity contribution >= 4 is 67.3 Å². The number of pyridine rings is 1. The number of carboxylic acid groups (broad SMARTS) is 1. The van der Waals surface area contributed by atoms with E-state index in [-0.39, 0.29) is 41.2 Å². The largest absolute Gasteiger partial charge is 0.478 e. The van der Waals surface area contributed by atoms with Crippen LogP contribution in [0.15, 0.2) is 47.3 Å². The number of carboxylic acids is 1. The summed E-state index contributed by atoms with van der Waals surface area (Å²) < 4.78 is 2.24. The van der Waals surface area contributed by atoms with Crippen LogP contribution in [0.5, 0.6) is 0 Å². The first kappa shape index (κ1) is 23.3. The van der Waals surface area contributed by atoms with Gasteiger partial charge in [0, 0.05) is 11.4 Å². The number of carbonyl (C=O) groups is 3. The zero-order valence-corrected chi connectivity index (χ0v) is 21.3. The highest BCUT2D eigenvalue weighted by Crippen LogP contribution is 2.59. The minimum Gasteiger partial charge on any atom is -0.478 e. The molecule has 6 rings (SSSR count). The Bertz CT molecular complexity index is 1640. The molecule has 4 heterocycles. The van der Waals surface area contributed by atoms with E-state index in [0.717, 1.165) is 6.42 Å². The predicted octanol–water partition coefficient (Wildman–Crippen LogP) is 3.04. The average molecular weight is 564 g/mol. The van der Waals surface area contributed by atoms with Gasteiger partial charge in [-0.1, -0.05) is 19.1 Å². The summed E-state index contributed by atoms with van der Waals surface area (Å²) in [7, 11) is 0. The first-order valence-corrected chi connectivity index (χ1v) is 12.5. The molecule has 1 aromatic carbocycles. The summed E-state index contributed by atoms with van der Waals surface area (Å²) in [5.41, 5.74) is 6.93. The number of nitrogens with one attached hydrogen (secondary N) is 1. The molecule has 2 fully saturated rings. The molecule has 3 atom stereocenters. The summed E-state index contributed by atoms with van der Waals surface area (Å²) in [5.74, 6) is -1.15. The second kappa shape index (κ2) is 8.23. The number of piperidine rings is 1. The van der Waals surface area contributed by atoms with Gasteiger partial charge in [0.1, 0.15) is 40.8 Å². The lowest BCUT2D eigenvalue weighted by Gasteiger charge is -2.27. The lowest BCUT2D eigenvalue weighted by atomic mass is 10.0. The van der Waals surface area contributed by atoms with Crippen molar-refractivity contribution in [2.45, 2.75) is 38.4 Å². The molecule has 0 bridgehead atoms. The quantitative estimate of drug-likeness (QED) is 0.313. The summed E-state index contributed by atoms with van der Waals surface area (Å²) in [4.78, 5) is 53.4. The number of nitrogens with two attached hydrogens (primary N) is 1. The predicted molar refractivity (Wildman–Crippen MR) is 139 cm³/mol. The number of halogens is 1. The molecule has 4 aromatic rings. The highest BCUT2D eigenvalue weighted by Gasteiger charge is 2.64. The molecule has 2 amide bonds. The zero-order chi connectivity index (χ0) is 26.1. The van der Waals surface area contributed by atoms with Crippen molar-refractivity contribution in [3.8, 4) is 0 Å². The van der Waals surface area contributed by atoms with E-state index in [2.05, 4.69) is 43.1 Å². The normalized spacial score (nSPS) is 22.3. The molecule has 0 radical (unpaired) electrons. The number of hydrogen-bond acceptors (Lipinski definition) is 7. The van der Waals surface area contributed by atoms with Crippen LogP contribution in [0.3, 0.4) is 0 Å². The molecule has 4 N–H and O–H groups in total. The van der Waals surface area contributed by atoms with Crippen LogP contribution in [-0.2, 0) is 16.1 Å². The third-order valence-corrected chi connectivity index (χ3v) is 7.85. The highest BCUT2D eigenvalue weighted by molar-refractivity contribution is 9.10. The first-order chi connectivity index (χ1) is 17.7. The number of aromatic carboxylic acids is 1. The number of rotatable bonds is 5. The van der Waals surface area contributed by atoms with Crippen molar-refractivity contribution < 1.29 is 19.5 Å². The van der Waals surface area contributed by atoms with Gasteiger partial charge in [0.25, 0.3) is 0 Å². The van der Waals surface area contributed by atoms with Crippen LogP contribution in [0.2, 0.25) is 0 Å². The molecule has 37 heavy (non-hydrogen) atoms. The van der Waals surface area contributed by atoms with Gasteiger partial charge in [-0.05, 0) is 58.5 Å². The zero-order valence-electron chi connectivity index (χ0n) is 19.7. The van der Waals surface area contributed by atoms with Crippen LogP contribution in [0.25, 0.3) is 21.9 Å². The van der Waals surface area contributed by atoms with E-state index >= 15 is 0 Å². The monoisotopic (exact) mass is 563 g/mol. The van der Waals surface area contributed by atoms with E-state index in [1.54, 1.807) is 39.8 Å². The van der Waals surface area contributed by atoms with Crippen molar-refractivity contribution in [3.05, 3.63) is 52.9 Å². The maximum absolute atomic E-state index is 13.8. The molecule has 1 saturated heterocycles. The second-order valence-electron chi connectivity index (χ2n) is 9.78. The Hall–Kier alpha value is -4.06. The average Bonchev–Trinajstić information content (AvgIpc) is 3.25. The van der Waals surface area contributed by atoms with Gasteiger partial charge < -0.3 is 25.6 Å². The number of amides is 2. The Morgan fingerprint density at radius 3 is 2.70 bits per heavy atom. The van der Waals surface area contributed by atoms with Gasteiger partial charge in [0.15, 0.2) is 0 Å². The van der Waals surface area contributed by atoms with Gasteiger partial charge in [-0.25, -0.2) is 19.7 Å². The van der Waals surface area contributed by atoms with Crippen LogP contribution in [-0.4, -0.2) is 59.4 Å². The minimum absolute atomic E-state index is 0.0462. The Labute approximate surface area is 218 Å². The second-order valence-corrected chi connectivity index (χ2v) is 10.6. The lowest BCUT2D eigenvalue weighted by Crippen LogP contribution is -2.46. The fraction of sp³-hybridized carbons (Fsp3) is 0.280. The van der Waals surface area contributed by atoms with Gasteiger partial charge in [0.2, 0.25) is 11.8 Å². The highest BCUT2D eigenvalue weighted by atomic mass is 79.9. The van der Waals surface area contributed by atoms with E-state index in [4.69, 9.17) is 5.73 Å².